The van der Waals surface area contributed by atoms with Crippen LogP contribution in [0.5, 0.6) is 0 Å². The number of fused-ring (bicyclic) bond motifs is 2. The Morgan fingerprint density at radius 1 is 0.642 bits per heavy atom. The molecule has 67 heavy (non-hydrogen) atoms. The largest absolute Gasteiger partial charge is 0.399 e. The highest BCUT2D eigenvalue weighted by Crippen LogP contribution is 2.42. The Balaban J connectivity index is 0.837. The molecule has 14 nitrogen and oxygen atoms in total. The van der Waals surface area contributed by atoms with E-state index >= 15 is 0 Å². The van der Waals surface area contributed by atoms with Crippen LogP contribution in [-0.2, 0) is 9.59 Å². The quantitative estimate of drug-likeness (QED) is 0.0814. The molecule has 0 spiro atoms. The van der Waals surface area contributed by atoms with Crippen LogP contribution in [0, 0.1) is 11.8 Å². The number of aromatic nitrogens is 4. The van der Waals surface area contributed by atoms with Gasteiger partial charge < -0.3 is 41.3 Å². The molecule has 3 aliphatic rings. The number of benzene rings is 4. The van der Waals surface area contributed by atoms with Crippen molar-refractivity contribution in [1.82, 2.24) is 19.9 Å². The topological polar surface area (TPSA) is 161 Å². The SMILES string of the molecule is CC(C)N1c2cc(Nc3nccc(-c4cccc(NCC5CCCC(CC(C)N6c7cc(Nc8nccc(-c9ccc(N)cc9)n8)ccc7N(C)C(=O)[C@H]6C)C5)c4)n3)ccc2N(C)C(=O)[C@H]1C. The number of nitrogens with one attached hydrogen (secondary N) is 3. The summed E-state index contributed by atoms with van der Waals surface area (Å²) in [5.41, 5.74) is 16.8. The smallest absolute Gasteiger partial charge is 0.249 e. The van der Waals surface area contributed by atoms with E-state index in [1.54, 1.807) is 22.2 Å². The average Bonchev–Trinajstić information content (AvgIpc) is 3.32. The zero-order valence-electron chi connectivity index (χ0n) is 39.6. The number of likely N-dealkylation sites (N-methyl/N-ethyl adjacent to an activating group) is 2. The zero-order valence-corrected chi connectivity index (χ0v) is 39.6. The molecule has 2 amide bonds. The normalized spacial score (nSPS) is 19.8. The van der Waals surface area contributed by atoms with Gasteiger partial charge in [0.25, 0.3) is 0 Å². The Morgan fingerprint density at radius 2 is 1.21 bits per heavy atom. The van der Waals surface area contributed by atoms with E-state index in [-0.39, 0.29) is 36.0 Å². The summed E-state index contributed by atoms with van der Waals surface area (Å²) >= 11 is 0. The number of hydrogen-bond acceptors (Lipinski definition) is 12. The van der Waals surface area contributed by atoms with Gasteiger partial charge in [0.2, 0.25) is 23.7 Å². The molecule has 346 valence electrons. The maximum Gasteiger partial charge on any atom is 0.249 e. The van der Waals surface area contributed by atoms with Gasteiger partial charge in [-0.15, -0.1) is 0 Å². The van der Waals surface area contributed by atoms with Crippen LogP contribution < -0.4 is 41.3 Å². The van der Waals surface area contributed by atoms with Gasteiger partial charge in [-0.05, 0) is 139 Å². The van der Waals surface area contributed by atoms with E-state index in [1.807, 2.05) is 88.6 Å². The maximum absolute atomic E-state index is 13.7. The monoisotopic (exact) mass is 899 g/mol. The molecule has 5 atom stereocenters. The molecule has 6 aromatic rings. The van der Waals surface area contributed by atoms with Crippen LogP contribution in [-0.4, -0.2) is 76.6 Å². The molecule has 1 aliphatic carbocycles. The number of nitrogens with zero attached hydrogens (tertiary/aromatic N) is 8. The number of anilines is 10. The minimum atomic E-state index is -0.304. The van der Waals surface area contributed by atoms with Crippen LogP contribution in [0.1, 0.15) is 66.7 Å². The van der Waals surface area contributed by atoms with Crippen molar-refractivity contribution in [2.75, 3.05) is 61.9 Å². The van der Waals surface area contributed by atoms with Crippen molar-refractivity contribution in [1.29, 1.82) is 0 Å². The van der Waals surface area contributed by atoms with Crippen molar-refractivity contribution in [3.8, 4) is 22.5 Å². The maximum atomic E-state index is 13.7. The highest BCUT2D eigenvalue weighted by Gasteiger charge is 2.38. The van der Waals surface area contributed by atoms with Crippen molar-refractivity contribution in [3.05, 3.63) is 109 Å². The van der Waals surface area contributed by atoms with E-state index in [2.05, 4.69) is 92.9 Å². The molecular formula is C53H62N12O2. The molecule has 4 aromatic carbocycles. The van der Waals surface area contributed by atoms with Crippen LogP contribution in [0.25, 0.3) is 22.5 Å². The number of amides is 2. The predicted octanol–water partition coefficient (Wildman–Crippen LogP) is 10.1. The highest BCUT2D eigenvalue weighted by atomic mass is 16.2. The molecule has 0 bridgehead atoms. The predicted molar refractivity (Wildman–Crippen MR) is 273 cm³/mol. The number of nitrogens with two attached hydrogens (primary N) is 1. The van der Waals surface area contributed by atoms with E-state index in [4.69, 9.17) is 15.7 Å². The zero-order chi connectivity index (χ0) is 46.9. The number of rotatable bonds is 13. The van der Waals surface area contributed by atoms with E-state index in [0.29, 0.717) is 29.4 Å². The molecule has 1 saturated carbocycles. The third kappa shape index (κ3) is 9.43. The fourth-order valence-electron chi connectivity index (χ4n) is 10.5. The summed E-state index contributed by atoms with van der Waals surface area (Å²) in [6.45, 7) is 11.4. The second kappa shape index (κ2) is 18.9. The Morgan fingerprint density at radius 3 is 1.82 bits per heavy atom. The lowest BCUT2D eigenvalue weighted by atomic mass is 9.78. The molecule has 9 rings (SSSR count). The lowest BCUT2D eigenvalue weighted by Crippen LogP contribution is -2.54. The number of carbonyl (C=O) groups excluding carboxylic acids is 2. The first-order valence-corrected chi connectivity index (χ1v) is 23.6. The molecule has 4 heterocycles. The second-order valence-electron chi connectivity index (χ2n) is 18.8. The van der Waals surface area contributed by atoms with Gasteiger partial charge in [0.05, 0.1) is 34.1 Å². The van der Waals surface area contributed by atoms with Gasteiger partial charge in [0, 0.05) is 79.0 Å². The van der Waals surface area contributed by atoms with Gasteiger partial charge in [-0.3, -0.25) is 9.59 Å². The first-order valence-electron chi connectivity index (χ1n) is 23.6. The standard InChI is InChI=1S/C53H62N12O2/c1-32(2)64-34(4)50(66)62(6)46-20-18-42(29-48(46)64)58-53-56-25-23-45(61-53)39-12-9-13-41(28-39)57-31-37-11-8-10-36(27-37)26-33(3)65-35(5)51(67)63(7)47-21-19-43(30-49(47)65)59-52-55-24-22-44(60-52)38-14-16-40(54)17-15-38/h9,12-25,28-30,32-37,57H,8,10-11,26-27,31,54H2,1-7H3,(H,55,59,60)(H,56,58,61)/t33?,34-,35-,36?,37?/m1/s1. The first kappa shape index (κ1) is 45.0. The second-order valence-corrected chi connectivity index (χ2v) is 18.8. The number of hydrogen-bond donors (Lipinski definition) is 4. The van der Waals surface area contributed by atoms with Crippen LogP contribution in [0.4, 0.5) is 57.4 Å². The third-order valence-corrected chi connectivity index (χ3v) is 13.8. The Labute approximate surface area is 394 Å². The molecule has 14 heteroatoms. The van der Waals surface area contributed by atoms with Gasteiger partial charge in [-0.2, -0.15) is 0 Å². The van der Waals surface area contributed by atoms with Gasteiger partial charge in [0.15, 0.2) is 0 Å². The molecular weight excluding hydrogens is 837 g/mol. The Bertz CT molecular complexity index is 2760. The summed E-state index contributed by atoms with van der Waals surface area (Å²) in [6.07, 6.45) is 9.23. The summed E-state index contributed by atoms with van der Waals surface area (Å²) < 4.78 is 0. The van der Waals surface area contributed by atoms with Crippen LogP contribution in [0.3, 0.4) is 0 Å². The minimum absolute atomic E-state index is 0.0839. The van der Waals surface area contributed by atoms with Gasteiger partial charge in [0.1, 0.15) is 12.1 Å². The van der Waals surface area contributed by atoms with Crippen molar-refractivity contribution in [2.45, 2.75) is 90.9 Å². The summed E-state index contributed by atoms with van der Waals surface area (Å²) in [7, 11) is 3.70. The minimum Gasteiger partial charge on any atom is -0.399 e. The van der Waals surface area contributed by atoms with Crippen molar-refractivity contribution >= 4 is 69.2 Å². The van der Waals surface area contributed by atoms with Gasteiger partial charge in [-0.25, -0.2) is 19.9 Å². The Kier molecular flexibility index (Phi) is 12.7. The fraction of sp³-hybridized carbons (Fsp3) is 0.358. The Hall–Kier alpha value is -7.22. The van der Waals surface area contributed by atoms with Crippen molar-refractivity contribution in [3.63, 3.8) is 0 Å². The number of nitrogen functional groups attached to an aromatic ring is 1. The molecule has 0 radical (unpaired) electrons. The molecule has 5 N–H and O–H groups in total. The van der Waals surface area contributed by atoms with Crippen LogP contribution in [0.15, 0.2) is 109 Å². The first-order chi connectivity index (χ1) is 32.3. The highest BCUT2D eigenvalue weighted by molar-refractivity contribution is 6.06. The van der Waals surface area contributed by atoms with Gasteiger partial charge in [-0.1, -0.05) is 37.1 Å². The van der Waals surface area contributed by atoms with Crippen molar-refractivity contribution in [2.24, 2.45) is 11.8 Å². The summed E-state index contributed by atoms with van der Waals surface area (Å²) in [4.78, 5) is 53.4. The van der Waals surface area contributed by atoms with E-state index < -0.39 is 0 Å². The van der Waals surface area contributed by atoms with Crippen LogP contribution >= 0.6 is 0 Å². The van der Waals surface area contributed by atoms with E-state index in [1.165, 1.54) is 19.3 Å². The van der Waals surface area contributed by atoms with E-state index in [0.717, 1.165) is 81.7 Å². The fourth-order valence-corrected chi connectivity index (χ4v) is 10.5. The molecule has 2 aromatic heterocycles. The van der Waals surface area contributed by atoms with E-state index in [9.17, 15) is 9.59 Å². The lowest BCUT2D eigenvalue weighted by Gasteiger charge is -2.45. The third-order valence-electron chi connectivity index (χ3n) is 13.8. The molecule has 1 fully saturated rings. The summed E-state index contributed by atoms with van der Waals surface area (Å²) in [5.74, 6) is 2.26. The molecule has 3 unspecified atom stereocenters. The average molecular weight is 899 g/mol. The lowest BCUT2D eigenvalue weighted by molar-refractivity contribution is -0.120. The summed E-state index contributed by atoms with van der Waals surface area (Å²) in [5, 5.41) is 10.6. The van der Waals surface area contributed by atoms with Gasteiger partial charge >= 0.3 is 0 Å². The van der Waals surface area contributed by atoms with Crippen molar-refractivity contribution < 1.29 is 9.59 Å². The summed E-state index contributed by atoms with van der Waals surface area (Å²) in [6, 6.07) is 31.8. The molecule has 0 saturated heterocycles. The molecule has 2 aliphatic heterocycles. The number of carbonyl (C=O) groups is 2. The van der Waals surface area contributed by atoms with Crippen LogP contribution in [0.2, 0.25) is 0 Å².